The van der Waals surface area contributed by atoms with E-state index in [0.29, 0.717) is 17.2 Å². The molecule has 2 aromatic carbocycles. The number of nitrogens with zero attached hydrogens (tertiary/aromatic N) is 1. The molecule has 9 nitrogen and oxygen atoms in total. The third-order valence-corrected chi connectivity index (χ3v) is 6.66. The Kier molecular flexibility index (Phi) is 5.64. The van der Waals surface area contributed by atoms with Crippen LogP contribution >= 0.6 is 0 Å². The summed E-state index contributed by atoms with van der Waals surface area (Å²) in [4.78, 5) is 28.7. The van der Waals surface area contributed by atoms with Crippen molar-refractivity contribution in [1.82, 2.24) is 20.3 Å². The maximum Gasteiger partial charge on any atom is 0.322 e. The number of carbonyl (C=O) groups excluding carboxylic acids is 2. The molecule has 2 heterocycles. The van der Waals surface area contributed by atoms with Crippen LogP contribution in [0.25, 0.3) is 0 Å². The molecule has 1 aliphatic heterocycles. The Bertz CT molecular complexity index is 1230. The predicted molar refractivity (Wildman–Crippen MR) is 115 cm³/mol. The molecule has 1 aliphatic rings. The van der Waals surface area contributed by atoms with E-state index in [1.807, 2.05) is 0 Å². The van der Waals surface area contributed by atoms with Gasteiger partial charge in [-0.15, -0.1) is 0 Å². The van der Waals surface area contributed by atoms with Gasteiger partial charge in [-0.25, -0.2) is 22.9 Å². The second-order valence-corrected chi connectivity index (χ2v) is 8.88. The van der Waals surface area contributed by atoms with Gasteiger partial charge in [0.15, 0.2) is 5.54 Å². The Morgan fingerprint density at radius 1 is 0.969 bits per heavy atom. The van der Waals surface area contributed by atoms with E-state index in [-0.39, 0.29) is 4.90 Å². The molecule has 3 aromatic rings. The molecule has 32 heavy (non-hydrogen) atoms. The van der Waals surface area contributed by atoms with Crippen LogP contribution in [0.1, 0.15) is 12.5 Å². The minimum Gasteiger partial charge on any atom is -0.439 e. The first-order valence-corrected chi connectivity index (χ1v) is 11.2. The van der Waals surface area contributed by atoms with Crippen molar-refractivity contribution in [2.45, 2.75) is 23.4 Å². The summed E-state index contributed by atoms with van der Waals surface area (Å²) in [5.41, 5.74) is -1.13. The number of rotatable bonds is 7. The van der Waals surface area contributed by atoms with Gasteiger partial charge in [0.2, 0.25) is 15.9 Å². The lowest BCUT2D eigenvalue weighted by Gasteiger charge is -2.33. The van der Waals surface area contributed by atoms with Gasteiger partial charge in [0.05, 0.1) is 10.9 Å². The smallest absolute Gasteiger partial charge is 0.322 e. The van der Waals surface area contributed by atoms with Gasteiger partial charge in [-0.2, -0.15) is 0 Å². The van der Waals surface area contributed by atoms with Crippen LogP contribution in [0.3, 0.4) is 0 Å². The van der Waals surface area contributed by atoms with E-state index in [9.17, 15) is 18.0 Å². The number of ether oxygens (including phenoxy) is 1. The molecular formula is C22H20N4O5S. The van der Waals surface area contributed by atoms with Crippen molar-refractivity contribution >= 4 is 22.0 Å². The quantitative estimate of drug-likeness (QED) is 0.472. The second-order valence-electron chi connectivity index (χ2n) is 7.17. The van der Waals surface area contributed by atoms with E-state index in [2.05, 4.69) is 20.3 Å². The first-order chi connectivity index (χ1) is 15.3. The topological polar surface area (TPSA) is 126 Å². The standard InChI is InChI=1S/C22H20N4O5S/c1-15(22(16-7-3-2-4-8-16)20(27)24-21(28)25-22)26-32(29,30)18-12-10-17(11-13-18)31-19-9-5-6-14-23-19/h2-15,26H,1H3,(H2,24,25,27,28)/t15-,22+/m1/s1. The maximum atomic E-state index is 13.0. The molecule has 2 atom stereocenters. The van der Waals surface area contributed by atoms with Gasteiger partial charge in [-0.1, -0.05) is 36.4 Å². The molecule has 1 saturated heterocycles. The van der Waals surface area contributed by atoms with E-state index in [0.717, 1.165) is 0 Å². The number of aromatic nitrogens is 1. The molecular weight excluding hydrogens is 432 g/mol. The SMILES string of the molecule is C[C@@H](NS(=O)(=O)c1ccc(Oc2ccccn2)cc1)[C@@]1(c2ccccc2)NC(=O)NC1=O. The van der Waals surface area contributed by atoms with Gasteiger partial charge in [0.25, 0.3) is 5.91 Å². The van der Waals surface area contributed by atoms with Crippen LogP contribution in [0, 0.1) is 0 Å². The molecule has 164 valence electrons. The highest BCUT2D eigenvalue weighted by molar-refractivity contribution is 7.89. The number of hydrogen-bond donors (Lipinski definition) is 3. The number of benzene rings is 2. The summed E-state index contributed by atoms with van der Waals surface area (Å²) in [5, 5.41) is 4.79. The molecule has 0 saturated carbocycles. The lowest BCUT2D eigenvalue weighted by Crippen LogP contribution is -2.58. The van der Waals surface area contributed by atoms with Gasteiger partial charge < -0.3 is 10.1 Å². The Labute approximate surface area is 184 Å². The molecule has 1 fully saturated rings. The number of hydrogen-bond acceptors (Lipinski definition) is 6. The fraction of sp³-hybridized carbons (Fsp3) is 0.136. The minimum atomic E-state index is -4.03. The highest BCUT2D eigenvalue weighted by Crippen LogP contribution is 2.30. The van der Waals surface area contributed by atoms with E-state index in [1.165, 1.54) is 31.2 Å². The van der Waals surface area contributed by atoms with Gasteiger partial charge in [0, 0.05) is 12.3 Å². The van der Waals surface area contributed by atoms with Crippen LogP contribution in [0.4, 0.5) is 4.79 Å². The van der Waals surface area contributed by atoms with Gasteiger partial charge in [0.1, 0.15) is 5.75 Å². The third-order valence-electron chi connectivity index (χ3n) is 5.10. The van der Waals surface area contributed by atoms with Gasteiger partial charge in [-0.05, 0) is 42.8 Å². The van der Waals surface area contributed by atoms with Crippen LogP contribution in [0.2, 0.25) is 0 Å². The lowest BCUT2D eigenvalue weighted by molar-refractivity contribution is -0.125. The normalized spacial score (nSPS) is 19.2. The van der Waals surface area contributed by atoms with E-state index >= 15 is 0 Å². The van der Waals surface area contributed by atoms with Crippen molar-refractivity contribution in [3.8, 4) is 11.6 Å². The Morgan fingerprint density at radius 3 is 2.25 bits per heavy atom. The van der Waals surface area contributed by atoms with Crippen LogP contribution in [0.15, 0.2) is 83.9 Å². The zero-order valence-electron chi connectivity index (χ0n) is 17.0. The summed E-state index contributed by atoms with van der Waals surface area (Å²) in [6.07, 6.45) is 1.58. The van der Waals surface area contributed by atoms with Crippen molar-refractivity contribution in [2.75, 3.05) is 0 Å². The highest BCUT2D eigenvalue weighted by Gasteiger charge is 2.52. The first kappa shape index (κ1) is 21.5. The summed E-state index contributed by atoms with van der Waals surface area (Å²) in [5.74, 6) is 0.157. The van der Waals surface area contributed by atoms with Crippen molar-refractivity contribution < 1.29 is 22.7 Å². The highest BCUT2D eigenvalue weighted by atomic mass is 32.2. The van der Waals surface area contributed by atoms with Crippen molar-refractivity contribution in [1.29, 1.82) is 0 Å². The number of amides is 3. The number of carbonyl (C=O) groups is 2. The zero-order chi connectivity index (χ0) is 22.8. The maximum absolute atomic E-state index is 13.0. The second kappa shape index (κ2) is 8.40. The van der Waals surface area contributed by atoms with Crippen LogP contribution in [0.5, 0.6) is 11.6 Å². The number of urea groups is 1. The molecule has 0 radical (unpaired) electrons. The molecule has 0 bridgehead atoms. The summed E-state index contributed by atoms with van der Waals surface area (Å²) in [6.45, 7) is 1.52. The molecule has 3 amide bonds. The number of nitrogens with one attached hydrogen (secondary N) is 3. The number of sulfonamides is 1. The molecule has 0 aliphatic carbocycles. The van der Waals surface area contributed by atoms with E-state index < -0.39 is 33.5 Å². The number of pyridine rings is 1. The Hall–Kier alpha value is -3.76. The molecule has 0 spiro atoms. The minimum absolute atomic E-state index is 0.0225. The van der Waals surface area contributed by atoms with E-state index in [4.69, 9.17) is 4.74 Å². The summed E-state index contributed by atoms with van der Waals surface area (Å²) in [6, 6.07) is 17.8. The lowest BCUT2D eigenvalue weighted by atomic mass is 9.84. The van der Waals surface area contributed by atoms with Crippen LogP contribution in [-0.2, 0) is 20.4 Å². The van der Waals surface area contributed by atoms with Crippen LogP contribution in [-0.4, -0.2) is 31.4 Å². The Morgan fingerprint density at radius 2 is 1.66 bits per heavy atom. The molecule has 3 N–H and O–H groups in total. The van der Waals surface area contributed by atoms with Crippen LogP contribution < -0.4 is 20.1 Å². The molecule has 10 heteroatoms. The fourth-order valence-corrected chi connectivity index (χ4v) is 4.80. The first-order valence-electron chi connectivity index (χ1n) is 9.72. The fourth-order valence-electron chi connectivity index (χ4n) is 3.53. The molecule has 1 aromatic heterocycles. The van der Waals surface area contributed by atoms with Gasteiger partial charge >= 0.3 is 6.03 Å². The summed E-state index contributed by atoms with van der Waals surface area (Å²) in [7, 11) is -4.03. The third kappa shape index (κ3) is 4.05. The van der Waals surface area contributed by atoms with Crippen molar-refractivity contribution in [3.63, 3.8) is 0 Å². The summed E-state index contributed by atoms with van der Waals surface area (Å²) < 4.78 is 34.1. The molecule has 0 unspecified atom stereocenters. The van der Waals surface area contributed by atoms with E-state index in [1.54, 1.807) is 54.7 Å². The average molecular weight is 452 g/mol. The summed E-state index contributed by atoms with van der Waals surface area (Å²) >= 11 is 0. The van der Waals surface area contributed by atoms with Crippen molar-refractivity contribution in [3.05, 3.63) is 84.6 Å². The largest absolute Gasteiger partial charge is 0.439 e. The predicted octanol–water partition coefficient (Wildman–Crippen LogP) is 2.28. The zero-order valence-corrected chi connectivity index (χ0v) is 17.8. The van der Waals surface area contributed by atoms with Gasteiger partial charge in [-0.3, -0.25) is 10.1 Å². The molecule has 4 rings (SSSR count). The monoisotopic (exact) mass is 452 g/mol. The van der Waals surface area contributed by atoms with Crippen molar-refractivity contribution in [2.24, 2.45) is 0 Å². The average Bonchev–Trinajstić information content (AvgIpc) is 3.10. The Balaban J connectivity index is 1.58. The number of imide groups is 1.